The molecule has 3 heterocycles. The number of carbonyl (C=O) groups excluding carboxylic acids is 4. The summed E-state index contributed by atoms with van der Waals surface area (Å²) in [5.74, 6) is -7.01. The molecule has 0 aromatic heterocycles. The summed E-state index contributed by atoms with van der Waals surface area (Å²) in [4.78, 5) is 58.4. The Bertz CT molecular complexity index is 1880. The lowest BCUT2D eigenvalue weighted by molar-refractivity contribution is -0.160. The summed E-state index contributed by atoms with van der Waals surface area (Å²) in [5, 5.41) is 36.8. The monoisotopic (exact) mass is 780 g/mol. The van der Waals surface area contributed by atoms with Gasteiger partial charge in [-0.05, 0) is 26.7 Å². The molecule has 0 saturated heterocycles. The van der Waals surface area contributed by atoms with Crippen LogP contribution in [0, 0.1) is 30.6 Å². The number of Topliss-reactive ketones (excluding diaryl/α,β-unsaturated/α-hetero) is 2. The van der Waals surface area contributed by atoms with Gasteiger partial charge in [0.2, 0.25) is 11.6 Å². The van der Waals surface area contributed by atoms with E-state index in [4.69, 9.17) is 23.7 Å². The number of aliphatic imine (C=N–C) groups is 1. The zero-order valence-electron chi connectivity index (χ0n) is 34.1. The van der Waals surface area contributed by atoms with Gasteiger partial charge in [-0.1, -0.05) is 58.1 Å². The SMILES string of the molecule is C/N=C1\C(OC)=C2NC(=O)/C(C)=C\C=C\[C@H](C)[C@H](O)[C@@H](C)[C@@H](O)[C@@H](C)[C@H](OC(C)=O)[C@H](C)[C@@H](OC)/C=C/CCCO[C@@]3(C)Oc4c(C)c(O)c(c1c4C3=O)C2=O. The highest BCUT2D eigenvalue weighted by Gasteiger charge is 2.52. The molecule has 306 valence electrons. The number of rotatable bonds is 3. The number of ether oxygens (including phenoxy) is 5. The van der Waals surface area contributed by atoms with E-state index in [0.29, 0.717) is 12.8 Å². The number of hydrogen-bond acceptors (Lipinski definition) is 13. The van der Waals surface area contributed by atoms with Crippen molar-refractivity contribution in [1.82, 2.24) is 5.32 Å². The minimum Gasteiger partial charge on any atom is -0.507 e. The minimum atomic E-state index is -1.80. The molecule has 1 aromatic carbocycles. The average Bonchev–Trinajstić information content (AvgIpc) is 3.43. The average molecular weight is 781 g/mol. The van der Waals surface area contributed by atoms with Gasteiger partial charge in [0.25, 0.3) is 11.7 Å². The van der Waals surface area contributed by atoms with Crippen LogP contribution < -0.4 is 10.1 Å². The highest BCUT2D eigenvalue weighted by atomic mass is 16.7. The van der Waals surface area contributed by atoms with Gasteiger partial charge in [0.15, 0.2) is 5.76 Å². The summed E-state index contributed by atoms with van der Waals surface area (Å²) >= 11 is 0. The van der Waals surface area contributed by atoms with Crippen LogP contribution in [-0.4, -0.2) is 103 Å². The van der Waals surface area contributed by atoms with E-state index in [1.807, 2.05) is 19.1 Å². The Morgan fingerprint density at radius 2 is 1.66 bits per heavy atom. The number of phenols is 1. The number of esters is 1. The molecule has 9 atom stereocenters. The number of methoxy groups -OCH3 is 2. The minimum absolute atomic E-state index is 0.00521. The van der Waals surface area contributed by atoms with Gasteiger partial charge in [0.1, 0.15) is 29.0 Å². The second-order valence-electron chi connectivity index (χ2n) is 14.9. The number of fused-ring (bicyclic) bond motifs is 17. The van der Waals surface area contributed by atoms with E-state index in [-0.39, 0.29) is 57.4 Å². The van der Waals surface area contributed by atoms with Crippen LogP contribution >= 0.6 is 0 Å². The van der Waals surface area contributed by atoms with Gasteiger partial charge in [-0.2, -0.15) is 0 Å². The molecule has 14 heteroatoms. The lowest BCUT2D eigenvalue weighted by Crippen LogP contribution is -2.46. The van der Waals surface area contributed by atoms with E-state index in [9.17, 15) is 34.5 Å². The van der Waals surface area contributed by atoms with Crippen LogP contribution in [0.1, 0.15) is 93.2 Å². The second-order valence-corrected chi connectivity index (χ2v) is 14.9. The molecule has 3 aliphatic heterocycles. The second kappa shape index (κ2) is 18.1. The number of hydrogen-bond donors (Lipinski definition) is 4. The van der Waals surface area contributed by atoms with Crippen molar-refractivity contribution in [1.29, 1.82) is 0 Å². The van der Waals surface area contributed by atoms with Crippen LogP contribution in [0.25, 0.3) is 0 Å². The predicted octanol–water partition coefficient (Wildman–Crippen LogP) is 4.66. The third-order valence-corrected chi connectivity index (χ3v) is 11.0. The molecule has 0 radical (unpaired) electrons. The van der Waals surface area contributed by atoms with Crippen LogP contribution in [0.5, 0.6) is 11.5 Å². The topological polar surface area (TPSA) is 200 Å². The largest absolute Gasteiger partial charge is 0.507 e. The predicted molar refractivity (Wildman–Crippen MR) is 207 cm³/mol. The maximum absolute atomic E-state index is 14.2. The highest BCUT2D eigenvalue weighted by molar-refractivity contribution is 6.33. The number of nitrogens with zero attached hydrogens (tertiary/aromatic N) is 1. The van der Waals surface area contributed by atoms with Gasteiger partial charge in [-0.25, -0.2) is 0 Å². The molecule has 56 heavy (non-hydrogen) atoms. The van der Waals surface area contributed by atoms with Gasteiger partial charge in [0.05, 0.1) is 43.2 Å². The molecular formula is C42H56N2O12. The molecule has 14 nitrogen and oxygen atoms in total. The Labute approximate surface area is 328 Å². The first kappa shape index (κ1) is 44.1. The molecule has 0 unspecified atom stereocenters. The molecule has 1 aliphatic carbocycles. The van der Waals surface area contributed by atoms with Crippen molar-refractivity contribution in [2.45, 2.75) is 98.4 Å². The number of benzene rings is 1. The van der Waals surface area contributed by atoms with Crippen molar-refractivity contribution in [2.24, 2.45) is 28.7 Å². The highest BCUT2D eigenvalue weighted by Crippen LogP contribution is 2.48. The Morgan fingerprint density at radius 1 is 0.982 bits per heavy atom. The number of ketones is 2. The maximum atomic E-state index is 14.2. The zero-order valence-corrected chi connectivity index (χ0v) is 34.1. The van der Waals surface area contributed by atoms with E-state index >= 15 is 0 Å². The Kier molecular flexibility index (Phi) is 14.2. The number of allylic oxidation sites excluding steroid dienone is 5. The fourth-order valence-electron chi connectivity index (χ4n) is 7.56. The summed E-state index contributed by atoms with van der Waals surface area (Å²) in [6, 6.07) is 0. The van der Waals surface area contributed by atoms with Gasteiger partial charge >= 0.3 is 5.97 Å². The molecule has 0 spiro atoms. The maximum Gasteiger partial charge on any atom is 0.302 e. The van der Waals surface area contributed by atoms with Crippen LogP contribution in [-0.2, 0) is 28.5 Å². The molecule has 1 amide bonds. The molecule has 0 fully saturated rings. The molecular weight excluding hydrogens is 724 g/mol. The quantitative estimate of drug-likeness (QED) is 0.245. The normalized spacial score (nSPS) is 33.7. The van der Waals surface area contributed by atoms with Gasteiger partial charge < -0.3 is 44.3 Å². The molecule has 5 bridgehead atoms. The summed E-state index contributed by atoms with van der Waals surface area (Å²) in [7, 11) is 4.26. The van der Waals surface area contributed by atoms with Crippen molar-refractivity contribution < 1.29 is 58.2 Å². The molecule has 5 rings (SSSR count). The first-order valence-electron chi connectivity index (χ1n) is 18.8. The molecule has 4 aliphatic rings. The van der Waals surface area contributed by atoms with Crippen molar-refractivity contribution >= 4 is 29.2 Å². The number of carbonyl (C=O) groups is 4. The first-order chi connectivity index (χ1) is 26.4. The van der Waals surface area contributed by atoms with E-state index in [1.165, 1.54) is 55.0 Å². The van der Waals surface area contributed by atoms with E-state index in [2.05, 4.69) is 10.3 Å². The van der Waals surface area contributed by atoms with Crippen molar-refractivity contribution in [3.63, 3.8) is 0 Å². The number of aromatic hydroxyl groups is 1. The van der Waals surface area contributed by atoms with Crippen molar-refractivity contribution in [3.05, 3.63) is 69.7 Å². The fourth-order valence-corrected chi connectivity index (χ4v) is 7.56. The third-order valence-electron chi connectivity index (χ3n) is 11.0. The van der Waals surface area contributed by atoms with Crippen LogP contribution in [0.3, 0.4) is 0 Å². The summed E-state index contributed by atoms with van der Waals surface area (Å²) in [5.41, 5.74) is -0.170. The summed E-state index contributed by atoms with van der Waals surface area (Å²) in [6.45, 7) is 13.0. The van der Waals surface area contributed by atoms with Crippen LogP contribution in [0.15, 0.2) is 52.4 Å². The van der Waals surface area contributed by atoms with E-state index in [0.717, 1.165) is 0 Å². The molecule has 0 saturated carbocycles. The number of phenolic OH excluding ortho intramolecular Hbond substituents is 1. The van der Waals surface area contributed by atoms with Gasteiger partial charge in [0, 0.05) is 68.4 Å². The van der Waals surface area contributed by atoms with Crippen LogP contribution in [0.4, 0.5) is 0 Å². The summed E-state index contributed by atoms with van der Waals surface area (Å²) in [6.07, 6.45) is 6.11. The smallest absolute Gasteiger partial charge is 0.302 e. The van der Waals surface area contributed by atoms with Crippen molar-refractivity contribution in [2.75, 3.05) is 27.9 Å². The number of aliphatic hydroxyl groups excluding tert-OH is 2. The van der Waals surface area contributed by atoms with E-state index in [1.54, 1.807) is 32.9 Å². The molecule has 1 aromatic rings. The molecule has 4 N–H and O–H groups in total. The standard InChI is InChI=1S/C42H56N2O12/c1-20-16-15-17-21(2)41(51)44-32-36(49)29-28(31(43-9)39(32)53-11)30-38(25(6)35(29)48)56-42(8,40(30)50)54-19-14-12-13-18-27(52-10)22(3)37(55-26(7)45)24(5)34(47)23(4)33(20)46/h13,15-18,20,22-24,27,33-34,37,46-48H,12,14,19H2,1-11H3,(H,44,51)/b16-15+,18-13+,21-17-,43-31-/t20-,22+,23+,24+,27-,33-,34+,37+,42-/m0/s1. The zero-order chi connectivity index (χ0) is 41.8. The van der Waals surface area contributed by atoms with Gasteiger partial charge in [-0.3, -0.25) is 24.2 Å². The van der Waals surface area contributed by atoms with E-state index < -0.39 is 83.1 Å². The number of amides is 1. The Morgan fingerprint density at radius 3 is 2.27 bits per heavy atom. The third kappa shape index (κ3) is 8.53. The number of aliphatic hydroxyl groups is 2. The lowest BCUT2D eigenvalue weighted by atomic mass is 9.78. The van der Waals surface area contributed by atoms with Crippen LogP contribution in [0.2, 0.25) is 0 Å². The fraction of sp³-hybridized carbons (Fsp3) is 0.548. The number of nitrogens with one attached hydrogen (secondary N) is 1. The first-order valence-corrected chi connectivity index (χ1v) is 18.8. The lowest BCUT2D eigenvalue weighted by Gasteiger charge is -2.38. The summed E-state index contributed by atoms with van der Waals surface area (Å²) < 4.78 is 29.3. The van der Waals surface area contributed by atoms with Crippen molar-refractivity contribution in [3.8, 4) is 11.5 Å². The van der Waals surface area contributed by atoms with Gasteiger partial charge in [-0.15, -0.1) is 0 Å². The Hall–Kier alpha value is -4.63. The Balaban J connectivity index is 1.79.